The van der Waals surface area contributed by atoms with Crippen LogP contribution >= 0.6 is 23.2 Å². The molecular weight excluding hydrogens is 473 g/mol. The minimum absolute atomic E-state index is 0.156. The first-order valence-electron chi connectivity index (χ1n) is 11.0. The Labute approximate surface area is 209 Å². The number of halogens is 2. The smallest absolute Gasteiger partial charge is 0.223 e. The van der Waals surface area contributed by atoms with E-state index in [0.29, 0.717) is 44.8 Å². The van der Waals surface area contributed by atoms with Gasteiger partial charge in [-0.25, -0.2) is 9.97 Å². The van der Waals surface area contributed by atoms with Crippen molar-refractivity contribution in [3.63, 3.8) is 0 Å². The normalized spacial score (nSPS) is 17.6. The maximum Gasteiger partial charge on any atom is 0.223 e. The van der Waals surface area contributed by atoms with E-state index < -0.39 is 0 Å². The second-order valence-electron chi connectivity index (χ2n) is 8.16. The average Bonchev–Trinajstić information content (AvgIpc) is 3.26. The number of aromatic nitrogens is 2. The third kappa shape index (κ3) is 4.50. The summed E-state index contributed by atoms with van der Waals surface area (Å²) in [6.45, 7) is 7.42. The van der Waals surface area contributed by atoms with Crippen molar-refractivity contribution in [1.29, 1.82) is 5.41 Å². The van der Waals surface area contributed by atoms with Gasteiger partial charge in [0.05, 0.1) is 35.8 Å². The van der Waals surface area contributed by atoms with Crippen molar-refractivity contribution in [2.24, 2.45) is 5.92 Å². The molecule has 0 spiro atoms. The molecule has 2 atom stereocenters. The van der Waals surface area contributed by atoms with Gasteiger partial charge in [0, 0.05) is 36.3 Å². The van der Waals surface area contributed by atoms with Gasteiger partial charge in [0.15, 0.2) is 0 Å². The number of likely N-dealkylation sites (tertiary alicyclic amines) is 1. The van der Waals surface area contributed by atoms with Gasteiger partial charge < -0.3 is 19.7 Å². The Morgan fingerprint density at radius 2 is 1.91 bits per heavy atom. The highest BCUT2D eigenvalue weighted by molar-refractivity contribution is 6.41. The van der Waals surface area contributed by atoms with Crippen LogP contribution in [0.25, 0.3) is 22.0 Å². The highest BCUT2D eigenvalue weighted by Crippen LogP contribution is 2.46. The van der Waals surface area contributed by atoms with E-state index in [1.807, 2.05) is 23.1 Å². The highest BCUT2D eigenvalue weighted by atomic mass is 35.5. The van der Waals surface area contributed by atoms with E-state index in [1.54, 1.807) is 32.6 Å². The third-order valence-corrected chi connectivity index (χ3v) is 7.01. The molecule has 34 heavy (non-hydrogen) atoms. The van der Waals surface area contributed by atoms with Crippen molar-refractivity contribution in [2.45, 2.75) is 19.4 Å². The number of nitrogens with zero attached hydrogens (tertiary/aromatic N) is 3. The monoisotopic (exact) mass is 499 g/mol. The molecule has 178 valence electrons. The van der Waals surface area contributed by atoms with Crippen molar-refractivity contribution < 1.29 is 9.47 Å². The molecule has 0 unspecified atom stereocenters. The van der Waals surface area contributed by atoms with E-state index in [-0.39, 0.29) is 6.04 Å². The van der Waals surface area contributed by atoms with Crippen molar-refractivity contribution >= 4 is 45.9 Å². The maximum absolute atomic E-state index is 8.06. The summed E-state index contributed by atoms with van der Waals surface area (Å²) >= 11 is 13.2. The van der Waals surface area contributed by atoms with Crippen LogP contribution in [0.4, 0.5) is 5.95 Å². The summed E-state index contributed by atoms with van der Waals surface area (Å²) in [4.78, 5) is 11.3. The molecule has 0 bridgehead atoms. The van der Waals surface area contributed by atoms with E-state index in [9.17, 15) is 0 Å². The molecule has 0 saturated carbocycles. The lowest BCUT2D eigenvalue weighted by atomic mass is 10.0. The SMILES string of the molecule is C=CC(=N)N1C[C@@H](CC)[C@H](Nc2ncc3cc(-c4c(Cl)c(OC)cc(OC)c4Cl)ccc3n2)C1. The second-order valence-corrected chi connectivity index (χ2v) is 8.92. The first kappa shape index (κ1) is 24.1. The summed E-state index contributed by atoms with van der Waals surface area (Å²) < 4.78 is 10.8. The largest absolute Gasteiger partial charge is 0.495 e. The summed E-state index contributed by atoms with van der Waals surface area (Å²) in [5, 5.41) is 13.2. The van der Waals surface area contributed by atoms with Gasteiger partial charge in [-0.2, -0.15) is 0 Å². The second kappa shape index (κ2) is 10.1. The Bertz CT molecular complexity index is 1220. The summed E-state index contributed by atoms with van der Waals surface area (Å²) in [5.41, 5.74) is 2.24. The lowest BCUT2D eigenvalue weighted by molar-refractivity contribution is 0.395. The van der Waals surface area contributed by atoms with Gasteiger partial charge in [-0.05, 0) is 36.1 Å². The first-order valence-corrected chi connectivity index (χ1v) is 11.7. The zero-order chi connectivity index (χ0) is 24.4. The number of hydrogen-bond donors (Lipinski definition) is 2. The van der Waals surface area contributed by atoms with Crippen LogP contribution in [0.5, 0.6) is 11.5 Å². The van der Waals surface area contributed by atoms with Crippen LogP contribution in [0.1, 0.15) is 13.3 Å². The summed E-state index contributed by atoms with van der Waals surface area (Å²) in [6, 6.07) is 7.61. The Hall–Kier alpha value is -3.03. The molecule has 9 heteroatoms. The number of nitrogens with one attached hydrogen (secondary N) is 2. The lowest BCUT2D eigenvalue weighted by Gasteiger charge is -2.18. The summed E-state index contributed by atoms with van der Waals surface area (Å²) in [7, 11) is 3.10. The molecule has 1 aliphatic rings. The Morgan fingerprint density at radius 1 is 1.21 bits per heavy atom. The number of anilines is 1. The first-order chi connectivity index (χ1) is 16.4. The molecular formula is C25H27Cl2N5O2. The van der Waals surface area contributed by atoms with Crippen LogP contribution in [-0.2, 0) is 0 Å². The predicted molar refractivity (Wildman–Crippen MR) is 139 cm³/mol. The Kier molecular flexibility index (Phi) is 7.14. The number of ether oxygens (including phenoxy) is 2. The number of hydrogen-bond acceptors (Lipinski definition) is 6. The van der Waals surface area contributed by atoms with Crippen molar-refractivity contribution in [3.05, 3.63) is 53.2 Å². The number of methoxy groups -OCH3 is 2. The van der Waals surface area contributed by atoms with E-state index in [2.05, 4.69) is 23.8 Å². The molecule has 4 rings (SSSR count). The molecule has 0 radical (unpaired) electrons. The van der Waals surface area contributed by atoms with Crippen molar-refractivity contribution in [3.8, 4) is 22.6 Å². The molecule has 2 heterocycles. The molecule has 2 N–H and O–H groups in total. The number of fused-ring (bicyclic) bond motifs is 1. The molecule has 3 aromatic rings. The molecule has 0 aliphatic carbocycles. The van der Waals surface area contributed by atoms with Crippen LogP contribution in [0.2, 0.25) is 10.0 Å². The van der Waals surface area contributed by atoms with Gasteiger partial charge in [-0.3, -0.25) is 5.41 Å². The number of amidine groups is 1. The van der Waals surface area contributed by atoms with E-state index in [0.717, 1.165) is 36.0 Å². The van der Waals surface area contributed by atoms with Crippen LogP contribution in [0.3, 0.4) is 0 Å². The van der Waals surface area contributed by atoms with Crippen molar-refractivity contribution in [2.75, 3.05) is 32.6 Å². The van der Waals surface area contributed by atoms with Gasteiger partial charge in [0.1, 0.15) is 17.3 Å². The fourth-order valence-corrected chi connectivity index (χ4v) is 5.06. The highest BCUT2D eigenvalue weighted by Gasteiger charge is 2.32. The molecule has 2 aromatic carbocycles. The van der Waals surface area contributed by atoms with Gasteiger partial charge in [-0.1, -0.05) is 42.8 Å². The fourth-order valence-electron chi connectivity index (χ4n) is 4.34. The van der Waals surface area contributed by atoms with Crippen LogP contribution in [0, 0.1) is 11.3 Å². The van der Waals surface area contributed by atoms with Gasteiger partial charge in [-0.15, -0.1) is 0 Å². The van der Waals surface area contributed by atoms with Crippen LogP contribution in [0.15, 0.2) is 43.1 Å². The van der Waals surface area contributed by atoms with E-state index in [4.69, 9.17) is 43.1 Å². The molecule has 1 aromatic heterocycles. The van der Waals surface area contributed by atoms with Crippen LogP contribution < -0.4 is 14.8 Å². The lowest BCUT2D eigenvalue weighted by Crippen LogP contribution is -2.31. The van der Waals surface area contributed by atoms with E-state index >= 15 is 0 Å². The van der Waals surface area contributed by atoms with Gasteiger partial charge in [0.2, 0.25) is 5.95 Å². The standard InChI is InChI=1S/C25H27Cl2N5O2/c1-5-14-12-32(21(28)6-2)13-18(14)31-25-29-11-16-9-15(7-8-17(16)30-25)22-23(26)19(33-3)10-20(34-4)24(22)27/h6-11,14,18,28H,2,5,12-13H2,1,3-4H3,(H,29,30,31)/t14-,18-/m1/s1. The Morgan fingerprint density at radius 3 is 2.53 bits per heavy atom. The molecule has 7 nitrogen and oxygen atoms in total. The minimum atomic E-state index is 0.156. The third-order valence-electron chi connectivity index (χ3n) is 6.26. The topological polar surface area (TPSA) is 83.4 Å². The summed E-state index contributed by atoms with van der Waals surface area (Å²) in [6.07, 6.45) is 4.36. The average molecular weight is 500 g/mol. The molecule has 1 fully saturated rings. The number of benzene rings is 2. The van der Waals surface area contributed by atoms with Crippen molar-refractivity contribution in [1.82, 2.24) is 14.9 Å². The quantitative estimate of drug-likeness (QED) is 0.310. The van der Waals surface area contributed by atoms with Crippen LogP contribution in [-0.4, -0.2) is 54.1 Å². The van der Waals surface area contributed by atoms with Gasteiger partial charge >= 0.3 is 0 Å². The van der Waals surface area contributed by atoms with Gasteiger partial charge in [0.25, 0.3) is 0 Å². The molecule has 0 amide bonds. The minimum Gasteiger partial charge on any atom is -0.495 e. The Balaban J connectivity index is 1.64. The number of rotatable bonds is 7. The zero-order valence-corrected chi connectivity index (χ0v) is 20.9. The molecule has 1 aliphatic heterocycles. The zero-order valence-electron chi connectivity index (χ0n) is 19.4. The molecule has 1 saturated heterocycles. The van der Waals surface area contributed by atoms with E-state index in [1.165, 1.54) is 0 Å². The maximum atomic E-state index is 8.06. The predicted octanol–water partition coefficient (Wildman–Crippen LogP) is 5.91. The fraction of sp³-hybridized carbons (Fsp3) is 0.320. The summed E-state index contributed by atoms with van der Waals surface area (Å²) in [5.74, 6) is 2.37.